The molecule has 1 atom stereocenters. The van der Waals surface area contributed by atoms with Gasteiger partial charge in [-0.1, -0.05) is 19.3 Å². The minimum absolute atomic E-state index is 0. The lowest BCUT2D eigenvalue weighted by Gasteiger charge is -2.29. The second-order valence-corrected chi connectivity index (χ2v) is 6.91. The molecule has 154 valence electrons. The fourth-order valence-electron chi connectivity index (χ4n) is 3.35. The minimum Gasteiger partial charge on any atom is -0.365 e. The number of anilines is 1. The number of aromatic nitrogens is 2. The smallest absolute Gasteiger partial charge is 0.267 e. The normalized spacial score (nSPS) is 15.7. The number of hydroxylamine groups is 1. The van der Waals surface area contributed by atoms with Gasteiger partial charge in [0.1, 0.15) is 5.82 Å². The number of amides is 1. The number of likely N-dealkylation sites (N-methyl/N-ethyl adjacent to an activating group) is 1. The maximum atomic E-state index is 10.9. The highest BCUT2D eigenvalue weighted by Gasteiger charge is 2.16. The molecule has 7 nitrogen and oxygen atoms in total. The first-order valence-corrected chi connectivity index (χ1v) is 8.96. The molecule has 3 N–H and O–H groups in total. The summed E-state index contributed by atoms with van der Waals surface area (Å²) in [5.74, 6) is 0.953. The first-order valence-electron chi connectivity index (χ1n) is 8.96. The third kappa shape index (κ3) is 9.91. The van der Waals surface area contributed by atoms with E-state index in [4.69, 9.17) is 5.21 Å². The zero-order valence-corrected chi connectivity index (χ0v) is 17.6. The summed E-state index contributed by atoms with van der Waals surface area (Å²) in [6.07, 6.45) is 12.8. The summed E-state index contributed by atoms with van der Waals surface area (Å²) in [6.45, 7) is 4.25. The van der Waals surface area contributed by atoms with Crippen LogP contribution in [0.1, 0.15) is 44.7 Å². The Bertz CT molecular complexity index is 565. The van der Waals surface area contributed by atoms with Crippen LogP contribution >= 0.6 is 24.8 Å². The van der Waals surface area contributed by atoms with Gasteiger partial charge in [0.25, 0.3) is 5.91 Å². The quantitative estimate of drug-likeness (QED) is 0.340. The number of hydrogen-bond acceptors (Lipinski definition) is 6. The molecule has 1 aliphatic rings. The Hall–Kier alpha value is -1.41. The van der Waals surface area contributed by atoms with Gasteiger partial charge >= 0.3 is 0 Å². The molecule has 0 unspecified atom stereocenters. The summed E-state index contributed by atoms with van der Waals surface area (Å²) in [5.41, 5.74) is 2.08. The zero-order valence-electron chi connectivity index (χ0n) is 15.9. The Morgan fingerprint density at radius 1 is 1.30 bits per heavy atom. The Kier molecular flexibility index (Phi) is 13.0. The van der Waals surface area contributed by atoms with Crippen molar-refractivity contribution in [1.29, 1.82) is 0 Å². The lowest BCUT2D eigenvalue weighted by Crippen LogP contribution is -2.36. The lowest BCUT2D eigenvalue weighted by molar-refractivity contribution is -0.124. The summed E-state index contributed by atoms with van der Waals surface area (Å²) >= 11 is 0. The monoisotopic (exact) mass is 419 g/mol. The van der Waals surface area contributed by atoms with Crippen LogP contribution < -0.4 is 10.8 Å². The van der Waals surface area contributed by atoms with Gasteiger partial charge in [-0.15, -0.1) is 24.8 Å². The first kappa shape index (κ1) is 25.6. The largest absolute Gasteiger partial charge is 0.365 e. The summed E-state index contributed by atoms with van der Waals surface area (Å²) < 4.78 is 0. The van der Waals surface area contributed by atoms with Crippen molar-refractivity contribution in [2.75, 3.05) is 25.5 Å². The third-order valence-corrected chi connectivity index (χ3v) is 4.46. The molecule has 0 aliphatic heterocycles. The van der Waals surface area contributed by atoms with E-state index < -0.39 is 5.91 Å². The molecule has 0 radical (unpaired) electrons. The zero-order chi connectivity index (χ0) is 18.1. The highest BCUT2D eigenvalue weighted by atomic mass is 35.5. The average molecular weight is 420 g/mol. The van der Waals surface area contributed by atoms with Gasteiger partial charge in [0.15, 0.2) is 0 Å². The van der Waals surface area contributed by atoms with E-state index in [-0.39, 0.29) is 30.9 Å². The molecule has 0 saturated heterocycles. The molecule has 1 fully saturated rings. The summed E-state index contributed by atoms with van der Waals surface area (Å²) in [5, 5.41) is 11.8. The number of rotatable bonds is 8. The average Bonchev–Trinajstić information content (AvgIpc) is 2.61. The van der Waals surface area contributed by atoms with Crippen molar-refractivity contribution in [2.45, 2.75) is 45.1 Å². The SMILES string of the molecule is C[C@H](CN(C)CC1CCCCC1)Nc1cnc(/C=C/C(=O)NO)cn1.Cl.Cl. The Labute approximate surface area is 173 Å². The van der Waals surface area contributed by atoms with Crippen LogP contribution in [-0.2, 0) is 4.79 Å². The number of nitrogens with zero attached hydrogens (tertiary/aromatic N) is 3. The molecule has 1 amide bonds. The summed E-state index contributed by atoms with van der Waals surface area (Å²) in [7, 11) is 2.18. The molecule has 1 saturated carbocycles. The van der Waals surface area contributed by atoms with E-state index in [1.807, 2.05) is 0 Å². The predicted octanol–water partition coefficient (Wildman–Crippen LogP) is 3.15. The van der Waals surface area contributed by atoms with E-state index in [1.54, 1.807) is 12.4 Å². The molecule has 1 aromatic heterocycles. The molecule has 1 aromatic rings. The molecule has 9 heteroatoms. The first-order chi connectivity index (χ1) is 12.1. The molecule has 0 aromatic carbocycles. The van der Waals surface area contributed by atoms with E-state index in [2.05, 4.69) is 34.2 Å². The topological polar surface area (TPSA) is 90.4 Å². The van der Waals surface area contributed by atoms with Crippen molar-refractivity contribution in [2.24, 2.45) is 5.92 Å². The van der Waals surface area contributed by atoms with Gasteiger partial charge in [-0.3, -0.25) is 15.0 Å². The Balaban J connectivity index is 0.00000338. The van der Waals surface area contributed by atoms with E-state index in [1.165, 1.54) is 49.7 Å². The van der Waals surface area contributed by atoms with Crippen LogP contribution in [-0.4, -0.2) is 52.2 Å². The Morgan fingerprint density at radius 2 is 2.00 bits per heavy atom. The molecular formula is C18H31Cl2N5O2. The number of carbonyl (C=O) groups excluding carboxylic acids is 1. The van der Waals surface area contributed by atoms with Gasteiger partial charge in [-0.25, -0.2) is 10.5 Å². The number of nitrogens with one attached hydrogen (secondary N) is 2. The maximum Gasteiger partial charge on any atom is 0.267 e. The molecule has 1 aliphatic carbocycles. The van der Waals surface area contributed by atoms with E-state index in [0.29, 0.717) is 11.5 Å². The second-order valence-electron chi connectivity index (χ2n) is 6.91. The molecular weight excluding hydrogens is 389 g/mol. The fourth-order valence-corrected chi connectivity index (χ4v) is 3.35. The van der Waals surface area contributed by atoms with Crippen LogP contribution in [0.2, 0.25) is 0 Å². The highest BCUT2D eigenvalue weighted by molar-refractivity contribution is 5.90. The molecule has 1 heterocycles. The van der Waals surface area contributed by atoms with Crippen LogP contribution in [0, 0.1) is 5.92 Å². The summed E-state index contributed by atoms with van der Waals surface area (Å²) in [4.78, 5) is 21.9. The number of halogens is 2. The number of hydrogen-bond donors (Lipinski definition) is 3. The molecule has 2 rings (SSSR count). The molecule has 0 bridgehead atoms. The van der Waals surface area contributed by atoms with Gasteiger partial charge in [0.05, 0.1) is 18.1 Å². The number of carbonyl (C=O) groups is 1. The van der Waals surface area contributed by atoms with Crippen molar-refractivity contribution in [3.63, 3.8) is 0 Å². The van der Waals surface area contributed by atoms with Gasteiger partial charge in [0, 0.05) is 25.2 Å². The van der Waals surface area contributed by atoms with E-state index in [0.717, 1.165) is 19.0 Å². The van der Waals surface area contributed by atoms with Crippen LogP contribution in [0.3, 0.4) is 0 Å². The minimum atomic E-state index is -0.598. The third-order valence-electron chi connectivity index (χ3n) is 4.46. The van der Waals surface area contributed by atoms with Crippen molar-refractivity contribution >= 4 is 42.6 Å². The van der Waals surface area contributed by atoms with Crippen molar-refractivity contribution < 1.29 is 10.0 Å². The molecule has 27 heavy (non-hydrogen) atoms. The van der Waals surface area contributed by atoms with Gasteiger partial charge in [-0.05, 0) is 38.8 Å². The molecule has 0 spiro atoms. The van der Waals surface area contributed by atoms with Crippen LogP contribution in [0.15, 0.2) is 18.5 Å². The van der Waals surface area contributed by atoms with Gasteiger partial charge in [0.2, 0.25) is 0 Å². The maximum absolute atomic E-state index is 10.9. The predicted molar refractivity (Wildman–Crippen MR) is 113 cm³/mol. The van der Waals surface area contributed by atoms with Crippen molar-refractivity contribution in [3.05, 3.63) is 24.2 Å². The van der Waals surface area contributed by atoms with E-state index >= 15 is 0 Å². The van der Waals surface area contributed by atoms with Crippen LogP contribution in [0.25, 0.3) is 6.08 Å². The van der Waals surface area contributed by atoms with Crippen molar-refractivity contribution in [1.82, 2.24) is 20.3 Å². The van der Waals surface area contributed by atoms with Gasteiger partial charge in [-0.2, -0.15) is 0 Å². The lowest BCUT2D eigenvalue weighted by atomic mass is 9.89. The highest BCUT2D eigenvalue weighted by Crippen LogP contribution is 2.24. The van der Waals surface area contributed by atoms with Gasteiger partial charge < -0.3 is 10.2 Å². The second kappa shape index (κ2) is 13.7. The Morgan fingerprint density at radius 3 is 2.59 bits per heavy atom. The van der Waals surface area contributed by atoms with E-state index in [9.17, 15) is 4.79 Å². The standard InChI is InChI=1S/C18H29N5O2.2ClH/c1-14(12-23(2)13-15-6-4-3-5-7-15)21-17-11-19-16(10-20-17)8-9-18(24)22-25;;/h8-11,14-15,25H,3-7,12-13H2,1-2H3,(H,20,21)(H,22,24);2*1H/b9-8+;;/t14-;;/m1../s1. The van der Waals surface area contributed by atoms with Crippen LogP contribution in [0.4, 0.5) is 5.82 Å². The fraction of sp³-hybridized carbons (Fsp3) is 0.611. The van der Waals surface area contributed by atoms with Crippen molar-refractivity contribution in [3.8, 4) is 0 Å². The summed E-state index contributed by atoms with van der Waals surface area (Å²) in [6, 6.07) is 0.268. The van der Waals surface area contributed by atoms with Crippen LogP contribution in [0.5, 0.6) is 0 Å².